The van der Waals surface area contributed by atoms with E-state index in [0.717, 1.165) is 0 Å². The minimum absolute atomic E-state index is 0.194. The molecule has 0 fully saturated rings. The smallest absolute Gasteiger partial charge is 0.312 e. The van der Waals surface area contributed by atoms with Crippen LogP contribution in [0.25, 0.3) is 0 Å². The largest absolute Gasteiger partial charge is 0.460 e. The fraction of sp³-hybridized carbons (Fsp3) is 0.700. The molecular formula is C20H18F18N2. The van der Waals surface area contributed by atoms with Crippen LogP contribution in [0, 0.1) is 0 Å². The zero-order valence-corrected chi connectivity index (χ0v) is 19.4. The van der Waals surface area contributed by atoms with Crippen LogP contribution in [0.4, 0.5) is 79.0 Å². The molecule has 1 aromatic carbocycles. The molecule has 0 unspecified atom stereocenters. The minimum atomic E-state index is -7.02. The van der Waals surface area contributed by atoms with Gasteiger partial charge >= 0.3 is 47.9 Å². The Hall–Kier alpha value is -2.12. The fourth-order valence-electron chi connectivity index (χ4n) is 2.86. The molecule has 0 aliphatic carbocycles. The summed E-state index contributed by atoms with van der Waals surface area (Å²) in [6, 6.07) is 4.78. The third kappa shape index (κ3) is 7.20. The molecule has 2 N–H and O–H groups in total. The van der Waals surface area contributed by atoms with Gasteiger partial charge in [0.05, 0.1) is 0 Å². The molecule has 0 saturated carbocycles. The predicted octanol–water partition coefficient (Wildman–Crippen LogP) is 7.58. The maximum atomic E-state index is 13.5. The topological polar surface area (TPSA) is 24.1 Å². The van der Waals surface area contributed by atoms with Gasteiger partial charge in [0.1, 0.15) is 0 Å². The Balaban J connectivity index is 2.59. The van der Waals surface area contributed by atoms with Gasteiger partial charge in [0.15, 0.2) is 0 Å². The molecule has 0 aromatic heterocycles. The summed E-state index contributed by atoms with van der Waals surface area (Å²) in [5.74, 6) is -39.1. The van der Waals surface area contributed by atoms with Crippen LogP contribution in [0.3, 0.4) is 0 Å². The first-order valence-corrected chi connectivity index (χ1v) is 10.6. The number of nitrogens with one attached hydrogen (secondary N) is 2. The lowest BCUT2D eigenvalue weighted by Crippen LogP contribution is -2.61. The molecule has 2 nitrogen and oxygen atoms in total. The second-order valence-corrected chi connectivity index (χ2v) is 8.37. The summed E-state index contributed by atoms with van der Waals surface area (Å²) < 4.78 is 230. The molecule has 1 aromatic rings. The number of hydrogen-bond acceptors (Lipinski definition) is 2. The van der Waals surface area contributed by atoms with E-state index in [1.807, 2.05) is 0 Å². The summed E-state index contributed by atoms with van der Waals surface area (Å²) in [7, 11) is 0. The van der Waals surface area contributed by atoms with Crippen LogP contribution >= 0.6 is 0 Å². The summed E-state index contributed by atoms with van der Waals surface area (Å²) in [6.07, 6.45) is -18.1. The first-order chi connectivity index (χ1) is 17.7. The van der Waals surface area contributed by atoms with Crippen molar-refractivity contribution in [1.82, 2.24) is 10.6 Å². The molecule has 0 heterocycles. The van der Waals surface area contributed by atoms with Crippen molar-refractivity contribution in [2.45, 2.75) is 73.8 Å². The maximum Gasteiger partial charge on any atom is 0.460 e. The van der Waals surface area contributed by atoms with Gasteiger partial charge < -0.3 is 10.6 Å². The van der Waals surface area contributed by atoms with Crippen LogP contribution in [0.1, 0.15) is 24.0 Å². The van der Waals surface area contributed by atoms with Gasteiger partial charge in [-0.1, -0.05) is 24.3 Å². The highest BCUT2D eigenvalue weighted by atomic mass is 19.4. The number of hydrogen-bond donors (Lipinski definition) is 2. The average Bonchev–Trinajstić information content (AvgIpc) is 2.78. The monoisotopic (exact) mass is 628 g/mol. The van der Waals surface area contributed by atoms with E-state index in [-0.39, 0.29) is 11.1 Å². The lowest BCUT2D eigenvalue weighted by atomic mass is 10.0. The van der Waals surface area contributed by atoms with Crippen LogP contribution in [0.15, 0.2) is 24.3 Å². The van der Waals surface area contributed by atoms with E-state index in [4.69, 9.17) is 0 Å². The molecule has 0 aliphatic rings. The molecule has 0 bridgehead atoms. The van der Waals surface area contributed by atoms with Crippen LogP contribution in [0.2, 0.25) is 0 Å². The van der Waals surface area contributed by atoms with Gasteiger partial charge in [-0.25, -0.2) is 0 Å². The van der Waals surface area contributed by atoms with Crippen molar-refractivity contribution in [3.63, 3.8) is 0 Å². The van der Waals surface area contributed by atoms with Gasteiger partial charge in [0.25, 0.3) is 0 Å². The second kappa shape index (κ2) is 11.6. The van der Waals surface area contributed by atoms with Crippen molar-refractivity contribution in [3.05, 3.63) is 35.4 Å². The molecule has 0 spiro atoms. The van der Waals surface area contributed by atoms with Crippen LogP contribution in [0.5, 0.6) is 0 Å². The molecule has 0 atom stereocenters. The number of alkyl halides is 18. The van der Waals surface area contributed by atoms with Gasteiger partial charge in [0.2, 0.25) is 0 Å². The van der Waals surface area contributed by atoms with Crippen LogP contribution in [-0.2, 0) is 13.1 Å². The van der Waals surface area contributed by atoms with E-state index < -0.39 is 86.9 Å². The highest BCUT2D eigenvalue weighted by Gasteiger charge is 2.82. The van der Waals surface area contributed by atoms with Crippen molar-refractivity contribution < 1.29 is 79.0 Å². The number of rotatable bonds is 14. The van der Waals surface area contributed by atoms with E-state index in [9.17, 15) is 79.0 Å². The van der Waals surface area contributed by atoms with E-state index >= 15 is 0 Å². The summed E-state index contributed by atoms with van der Waals surface area (Å²) >= 11 is 0. The summed E-state index contributed by atoms with van der Waals surface area (Å²) in [5.41, 5.74) is 0.389. The first-order valence-electron chi connectivity index (χ1n) is 10.6. The molecule has 0 saturated heterocycles. The Morgan fingerprint density at radius 2 is 0.650 bits per heavy atom. The van der Waals surface area contributed by atoms with E-state index in [1.54, 1.807) is 0 Å². The molecule has 40 heavy (non-hydrogen) atoms. The van der Waals surface area contributed by atoms with Crippen molar-refractivity contribution in [2.24, 2.45) is 0 Å². The average molecular weight is 628 g/mol. The van der Waals surface area contributed by atoms with E-state index in [0.29, 0.717) is 0 Å². The van der Waals surface area contributed by atoms with Crippen molar-refractivity contribution in [2.75, 3.05) is 13.1 Å². The Bertz CT molecular complexity index is 873. The number of benzene rings is 1. The summed E-state index contributed by atoms with van der Waals surface area (Å²) in [6.45, 7) is -3.10. The third-order valence-electron chi connectivity index (χ3n) is 5.33. The molecule has 0 amide bonds. The van der Waals surface area contributed by atoms with Crippen molar-refractivity contribution in [3.8, 4) is 0 Å². The van der Waals surface area contributed by atoms with E-state index in [2.05, 4.69) is 10.6 Å². The molecule has 1 rings (SSSR count). The van der Waals surface area contributed by atoms with Gasteiger partial charge in [0, 0.05) is 39.0 Å². The van der Waals surface area contributed by atoms with Gasteiger partial charge in [-0.15, -0.1) is 0 Å². The van der Waals surface area contributed by atoms with Crippen molar-refractivity contribution >= 4 is 0 Å². The lowest BCUT2D eigenvalue weighted by molar-refractivity contribution is -0.396. The standard InChI is InChI=1S/C20H18F18N2/c21-13(22,15(25,26)17(29,30)19(33,34)35)5-7-39-9-11-1-2-12(4-3-11)10-40-8-6-14(23,24)16(27,28)18(31,32)20(36,37)38/h1-4,39-40H,5-10H2. The van der Waals surface area contributed by atoms with Gasteiger partial charge in [-0.05, 0) is 11.1 Å². The number of halogens is 18. The van der Waals surface area contributed by atoms with E-state index in [1.165, 1.54) is 24.3 Å². The summed E-state index contributed by atoms with van der Waals surface area (Å²) in [5, 5.41) is 4.19. The maximum absolute atomic E-state index is 13.5. The zero-order valence-electron chi connectivity index (χ0n) is 19.4. The second-order valence-electron chi connectivity index (χ2n) is 8.37. The molecule has 0 radical (unpaired) electrons. The van der Waals surface area contributed by atoms with Crippen molar-refractivity contribution in [1.29, 1.82) is 0 Å². The normalized spacial score (nSPS) is 15.1. The SMILES string of the molecule is FC(F)(F)C(F)(F)C(F)(F)C(F)(F)CCNCc1ccc(CNCCC(F)(F)C(F)(F)C(F)(F)C(F)(F)F)cc1. The van der Waals surface area contributed by atoms with Crippen LogP contribution in [-0.4, -0.2) is 61.0 Å². The van der Waals surface area contributed by atoms with Gasteiger partial charge in [-0.2, -0.15) is 79.0 Å². The van der Waals surface area contributed by atoms with Gasteiger partial charge in [-0.3, -0.25) is 0 Å². The Labute approximate surface area is 213 Å². The Morgan fingerprint density at radius 1 is 0.400 bits per heavy atom. The molecular weight excluding hydrogens is 610 g/mol. The third-order valence-corrected chi connectivity index (χ3v) is 5.33. The quantitative estimate of drug-likeness (QED) is 0.164. The first kappa shape index (κ1) is 35.9. The molecule has 0 aliphatic heterocycles. The Kier molecular flexibility index (Phi) is 10.4. The molecule has 234 valence electrons. The summed E-state index contributed by atoms with van der Waals surface area (Å²) in [4.78, 5) is 0. The Morgan fingerprint density at radius 3 is 0.875 bits per heavy atom. The van der Waals surface area contributed by atoms with Crippen LogP contribution < -0.4 is 10.6 Å². The minimum Gasteiger partial charge on any atom is -0.312 e. The predicted molar refractivity (Wildman–Crippen MR) is 101 cm³/mol. The highest BCUT2D eigenvalue weighted by Crippen LogP contribution is 2.55. The fourth-order valence-corrected chi connectivity index (χ4v) is 2.86. The lowest BCUT2D eigenvalue weighted by Gasteiger charge is -2.33. The zero-order chi connectivity index (χ0) is 31.6. The highest BCUT2D eigenvalue weighted by molar-refractivity contribution is 5.22. The molecule has 20 heteroatoms.